The number of aryl methyl sites for hydroxylation is 2. The first-order valence-corrected chi connectivity index (χ1v) is 12.7. The number of imide groups is 1. The summed E-state index contributed by atoms with van der Waals surface area (Å²) in [7, 11) is 0. The number of nitrogens with zero attached hydrogens (tertiary/aromatic N) is 1. The van der Waals surface area contributed by atoms with E-state index in [1.165, 1.54) is 0 Å². The summed E-state index contributed by atoms with van der Waals surface area (Å²) in [6.45, 7) is 6.13. The molecule has 7 nitrogen and oxygen atoms in total. The van der Waals surface area contributed by atoms with Crippen molar-refractivity contribution in [1.82, 2.24) is 4.90 Å². The van der Waals surface area contributed by atoms with E-state index in [-0.39, 0.29) is 11.4 Å². The number of thioether (sulfide) groups is 1. The van der Waals surface area contributed by atoms with Crippen LogP contribution < -0.4 is 14.8 Å². The van der Waals surface area contributed by atoms with E-state index in [0.717, 1.165) is 33.4 Å². The Hall–Kier alpha value is -4.04. The van der Waals surface area contributed by atoms with Gasteiger partial charge in [0.15, 0.2) is 11.5 Å². The molecule has 0 atom stereocenters. The lowest BCUT2D eigenvalue weighted by molar-refractivity contribution is -0.127. The molecular weight excluding hydrogens is 488 g/mol. The van der Waals surface area contributed by atoms with E-state index in [1.807, 2.05) is 69.3 Å². The number of hydrogen-bond donors (Lipinski definition) is 1. The second-order valence-corrected chi connectivity index (χ2v) is 9.49. The molecule has 1 saturated heterocycles. The molecule has 0 bridgehead atoms. The first-order valence-electron chi connectivity index (χ1n) is 11.9. The highest BCUT2D eigenvalue weighted by molar-refractivity contribution is 8.18. The van der Waals surface area contributed by atoms with E-state index >= 15 is 0 Å². The monoisotopic (exact) mass is 516 g/mol. The molecule has 4 rings (SSSR count). The van der Waals surface area contributed by atoms with E-state index in [9.17, 15) is 14.4 Å². The third kappa shape index (κ3) is 6.40. The van der Waals surface area contributed by atoms with E-state index < -0.39 is 17.1 Å². The third-order valence-electron chi connectivity index (χ3n) is 5.72. The summed E-state index contributed by atoms with van der Waals surface area (Å²) >= 11 is 0.809. The van der Waals surface area contributed by atoms with Crippen LogP contribution in [0.25, 0.3) is 6.08 Å². The van der Waals surface area contributed by atoms with Gasteiger partial charge < -0.3 is 14.8 Å². The molecule has 3 amide bonds. The number of amides is 3. The molecule has 0 radical (unpaired) electrons. The third-order valence-corrected chi connectivity index (χ3v) is 6.63. The largest absolute Gasteiger partial charge is 0.490 e. The maximum Gasteiger partial charge on any atom is 0.294 e. The molecule has 0 spiro atoms. The lowest BCUT2D eigenvalue weighted by atomic mass is 10.1. The minimum absolute atomic E-state index is 0.241. The number of para-hydroxylation sites is 1. The molecule has 0 saturated carbocycles. The van der Waals surface area contributed by atoms with Crippen LogP contribution in [0.2, 0.25) is 0 Å². The summed E-state index contributed by atoms with van der Waals surface area (Å²) in [5.74, 6) is 0.187. The molecule has 1 N–H and O–H groups in total. The fourth-order valence-electron chi connectivity index (χ4n) is 3.86. The van der Waals surface area contributed by atoms with Crippen LogP contribution in [0, 0.1) is 13.8 Å². The van der Waals surface area contributed by atoms with Crippen molar-refractivity contribution in [3.63, 3.8) is 0 Å². The topological polar surface area (TPSA) is 84.9 Å². The molecule has 37 heavy (non-hydrogen) atoms. The van der Waals surface area contributed by atoms with Crippen LogP contribution in [0.3, 0.4) is 0 Å². The van der Waals surface area contributed by atoms with Crippen molar-refractivity contribution < 1.29 is 23.9 Å². The highest BCUT2D eigenvalue weighted by Gasteiger charge is 2.36. The highest BCUT2D eigenvalue weighted by atomic mass is 32.2. The van der Waals surface area contributed by atoms with E-state index in [0.29, 0.717) is 36.0 Å². The fourth-order valence-corrected chi connectivity index (χ4v) is 4.70. The van der Waals surface area contributed by atoms with Gasteiger partial charge in [-0.3, -0.25) is 19.3 Å². The number of hydrogen-bond acceptors (Lipinski definition) is 6. The zero-order chi connectivity index (χ0) is 26.4. The minimum atomic E-state index is -0.506. The van der Waals surface area contributed by atoms with Gasteiger partial charge in [-0.25, -0.2) is 0 Å². The Labute approximate surface area is 220 Å². The molecular formula is C29H28N2O5S. The summed E-state index contributed by atoms with van der Waals surface area (Å²) in [5.41, 5.74) is 4.21. The normalized spacial score (nSPS) is 14.2. The quantitative estimate of drug-likeness (QED) is 0.354. The van der Waals surface area contributed by atoms with Crippen molar-refractivity contribution in [2.24, 2.45) is 0 Å². The van der Waals surface area contributed by atoms with Crippen LogP contribution in [-0.4, -0.2) is 35.1 Å². The zero-order valence-electron chi connectivity index (χ0n) is 20.9. The Morgan fingerprint density at radius 2 is 1.68 bits per heavy atom. The molecule has 3 aromatic rings. The van der Waals surface area contributed by atoms with Crippen LogP contribution >= 0.6 is 11.8 Å². The Morgan fingerprint density at radius 1 is 0.946 bits per heavy atom. The van der Waals surface area contributed by atoms with Gasteiger partial charge >= 0.3 is 0 Å². The van der Waals surface area contributed by atoms with E-state index in [4.69, 9.17) is 9.47 Å². The number of carbonyl (C=O) groups is 3. The van der Waals surface area contributed by atoms with Gasteiger partial charge in [-0.15, -0.1) is 0 Å². The standard InChI is InChI=1S/C29H28N2O5S/c1-4-35-24-15-22(13-14-23(24)36-18-21-11-6-5-7-12-21)16-25-28(33)31(29(34)37-25)17-26(32)30-27-19(2)9-8-10-20(27)3/h5-16H,4,17-18H2,1-3H3,(H,30,32)/b25-16+. The van der Waals surface area contributed by atoms with Crippen LogP contribution in [0.15, 0.2) is 71.6 Å². The maximum atomic E-state index is 13.0. The number of nitrogens with one attached hydrogen (secondary N) is 1. The van der Waals surface area contributed by atoms with Gasteiger partial charge in [0.05, 0.1) is 11.5 Å². The molecule has 0 aliphatic carbocycles. The predicted molar refractivity (Wildman–Crippen MR) is 146 cm³/mol. The van der Waals surface area contributed by atoms with Gasteiger partial charge in [-0.05, 0) is 73.0 Å². The first-order chi connectivity index (χ1) is 17.9. The van der Waals surface area contributed by atoms with Crippen molar-refractivity contribution in [3.8, 4) is 11.5 Å². The average molecular weight is 517 g/mol. The van der Waals surface area contributed by atoms with Gasteiger partial charge in [0.1, 0.15) is 13.2 Å². The summed E-state index contributed by atoms with van der Waals surface area (Å²) < 4.78 is 11.7. The molecule has 1 heterocycles. The lowest BCUT2D eigenvalue weighted by Gasteiger charge is -2.15. The van der Waals surface area contributed by atoms with Gasteiger partial charge in [0, 0.05) is 5.69 Å². The molecule has 0 unspecified atom stereocenters. The Balaban J connectivity index is 1.46. The Kier molecular flexibility index (Phi) is 8.30. The summed E-state index contributed by atoms with van der Waals surface area (Å²) in [4.78, 5) is 39.3. The molecule has 0 aromatic heterocycles. The molecule has 3 aromatic carbocycles. The highest BCUT2D eigenvalue weighted by Crippen LogP contribution is 2.35. The van der Waals surface area contributed by atoms with E-state index in [2.05, 4.69) is 5.32 Å². The number of carbonyl (C=O) groups excluding carboxylic acids is 3. The average Bonchev–Trinajstić information content (AvgIpc) is 3.14. The lowest BCUT2D eigenvalue weighted by Crippen LogP contribution is -2.36. The molecule has 190 valence electrons. The van der Waals surface area contributed by atoms with E-state index in [1.54, 1.807) is 24.3 Å². The molecule has 1 aliphatic rings. The van der Waals surface area contributed by atoms with Gasteiger partial charge in [-0.1, -0.05) is 54.6 Å². The smallest absolute Gasteiger partial charge is 0.294 e. The van der Waals surface area contributed by atoms with Gasteiger partial charge in [0.25, 0.3) is 11.1 Å². The van der Waals surface area contributed by atoms with Crippen LogP contribution in [0.5, 0.6) is 11.5 Å². The number of anilines is 1. The van der Waals surface area contributed by atoms with Crippen molar-refractivity contribution in [3.05, 3.63) is 93.9 Å². The second kappa shape index (κ2) is 11.8. The molecule has 1 fully saturated rings. The number of rotatable bonds is 9. The minimum Gasteiger partial charge on any atom is -0.490 e. The Bertz CT molecular complexity index is 1330. The SMILES string of the molecule is CCOc1cc(/C=C2/SC(=O)N(CC(=O)Nc3c(C)cccc3C)C2=O)ccc1OCc1ccccc1. The van der Waals surface area contributed by atoms with Gasteiger partial charge in [0.2, 0.25) is 5.91 Å². The van der Waals surface area contributed by atoms with Gasteiger partial charge in [-0.2, -0.15) is 0 Å². The Morgan fingerprint density at radius 3 is 2.38 bits per heavy atom. The number of ether oxygens (including phenoxy) is 2. The summed E-state index contributed by atoms with van der Waals surface area (Å²) in [6.07, 6.45) is 1.62. The van der Waals surface area contributed by atoms with Crippen molar-refractivity contribution in [2.45, 2.75) is 27.4 Å². The van der Waals surface area contributed by atoms with Crippen molar-refractivity contribution >= 4 is 40.6 Å². The fraction of sp³-hybridized carbons (Fsp3) is 0.207. The molecule has 8 heteroatoms. The summed E-state index contributed by atoms with van der Waals surface area (Å²) in [5, 5.41) is 2.33. The summed E-state index contributed by atoms with van der Waals surface area (Å²) in [6, 6.07) is 20.8. The first kappa shape index (κ1) is 26.0. The predicted octanol–water partition coefficient (Wildman–Crippen LogP) is 5.96. The number of benzene rings is 3. The van der Waals surface area contributed by atoms with Crippen molar-refractivity contribution in [2.75, 3.05) is 18.5 Å². The zero-order valence-corrected chi connectivity index (χ0v) is 21.8. The van der Waals surface area contributed by atoms with Crippen LogP contribution in [0.4, 0.5) is 10.5 Å². The maximum absolute atomic E-state index is 13.0. The van der Waals surface area contributed by atoms with Crippen molar-refractivity contribution in [1.29, 1.82) is 0 Å². The molecule has 1 aliphatic heterocycles. The van der Waals surface area contributed by atoms with Crippen LogP contribution in [0.1, 0.15) is 29.2 Å². The van der Waals surface area contributed by atoms with Crippen LogP contribution in [-0.2, 0) is 16.2 Å². The second-order valence-electron chi connectivity index (χ2n) is 8.50.